The van der Waals surface area contributed by atoms with E-state index in [1.54, 1.807) is 6.07 Å². The van der Waals surface area contributed by atoms with Crippen molar-refractivity contribution in [1.82, 2.24) is 0 Å². The van der Waals surface area contributed by atoms with Crippen molar-refractivity contribution in [2.24, 2.45) is 5.73 Å². The first-order valence-corrected chi connectivity index (χ1v) is 6.62. The lowest BCUT2D eigenvalue weighted by molar-refractivity contribution is 0.00578. The summed E-state index contributed by atoms with van der Waals surface area (Å²) in [6.45, 7) is 7.79. The fraction of sp³-hybridized carbons (Fsp3) is 0.571. The number of hydrogen-bond acceptors (Lipinski definition) is 4. The Labute approximate surface area is 119 Å². The molecule has 0 saturated carbocycles. The van der Waals surface area contributed by atoms with Crippen LogP contribution in [0.2, 0.25) is 0 Å². The maximum atomic E-state index is 13.4. The molecule has 0 radical (unpaired) electrons. The second kappa shape index (κ2) is 5.02. The van der Waals surface area contributed by atoms with Crippen molar-refractivity contribution in [3.63, 3.8) is 0 Å². The number of hydrogen-bond donors (Lipinski definition) is 1. The van der Waals surface area contributed by atoms with Crippen LogP contribution >= 0.6 is 0 Å². The molecule has 0 amide bonds. The Morgan fingerprint density at radius 3 is 2.25 bits per heavy atom. The van der Waals surface area contributed by atoms with Crippen molar-refractivity contribution in [2.75, 3.05) is 7.11 Å². The van der Waals surface area contributed by atoms with E-state index in [0.29, 0.717) is 11.3 Å². The van der Waals surface area contributed by atoms with E-state index in [2.05, 4.69) is 0 Å². The van der Waals surface area contributed by atoms with Crippen LogP contribution < -0.4 is 10.5 Å². The van der Waals surface area contributed by atoms with Crippen LogP contribution in [-0.2, 0) is 9.31 Å². The molecule has 0 bridgehead atoms. The molecule has 110 valence electrons. The van der Waals surface area contributed by atoms with Crippen LogP contribution in [0.4, 0.5) is 4.39 Å². The van der Waals surface area contributed by atoms with Crippen molar-refractivity contribution in [3.8, 4) is 5.75 Å². The summed E-state index contributed by atoms with van der Waals surface area (Å²) in [5, 5.41) is 0. The average Bonchev–Trinajstić information content (AvgIpc) is 2.57. The third kappa shape index (κ3) is 2.55. The van der Waals surface area contributed by atoms with Gasteiger partial charge >= 0.3 is 7.12 Å². The highest BCUT2D eigenvalue weighted by Gasteiger charge is 2.53. The number of benzene rings is 1. The zero-order chi connectivity index (χ0) is 15.1. The van der Waals surface area contributed by atoms with Crippen molar-refractivity contribution >= 4 is 7.12 Å². The van der Waals surface area contributed by atoms with Gasteiger partial charge < -0.3 is 19.8 Å². The average molecular weight is 281 g/mol. The summed E-state index contributed by atoms with van der Waals surface area (Å²) in [7, 11) is 0.879. The SMILES string of the molecule is COc1ccc(F)cc1[C@@H](N)B1OC(C)(C)C(C)(C)O1. The van der Waals surface area contributed by atoms with E-state index >= 15 is 0 Å². The van der Waals surface area contributed by atoms with Gasteiger partial charge in [-0.05, 0) is 45.9 Å². The normalized spacial score (nSPS) is 21.9. The third-order valence-corrected chi connectivity index (χ3v) is 4.12. The fourth-order valence-electron chi connectivity index (χ4n) is 2.15. The van der Waals surface area contributed by atoms with Crippen LogP contribution in [0.25, 0.3) is 0 Å². The molecule has 0 unspecified atom stereocenters. The lowest BCUT2D eigenvalue weighted by atomic mass is 9.74. The smallest absolute Gasteiger partial charge is 0.480 e. The Hall–Kier alpha value is -1.11. The maximum Gasteiger partial charge on any atom is 0.480 e. The highest BCUT2D eigenvalue weighted by molar-refractivity contribution is 6.47. The van der Waals surface area contributed by atoms with Crippen LogP contribution in [0, 0.1) is 5.82 Å². The topological polar surface area (TPSA) is 53.7 Å². The molecular formula is C14H21BFNO3. The van der Waals surface area contributed by atoms with E-state index < -0.39 is 24.3 Å². The number of nitrogens with two attached hydrogens (primary N) is 1. The molecule has 4 nitrogen and oxygen atoms in total. The van der Waals surface area contributed by atoms with Gasteiger partial charge in [0.15, 0.2) is 0 Å². The van der Waals surface area contributed by atoms with Gasteiger partial charge in [-0.25, -0.2) is 4.39 Å². The van der Waals surface area contributed by atoms with Gasteiger partial charge in [-0.15, -0.1) is 0 Å². The van der Waals surface area contributed by atoms with Gasteiger partial charge in [0.2, 0.25) is 0 Å². The van der Waals surface area contributed by atoms with Crippen molar-refractivity contribution in [3.05, 3.63) is 29.6 Å². The minimum absolute atomic E-state index is 0.368. The number of methoxy groups -OCH3 is 1. The Morgan fingerprint density at radius 2 is 1.75 bits per heavy atom. The minimum Gasteiger partial charge on any atom is -0.496 e. The Balaban J connectivity index is 2.29. The highest BCUT2D eigenvalue weighted by atomic mass is 19.1. The van der Waals surface area contributed by atoms with Crippen molar-refractivity contribution < 1.29 is 18.4 Å². The van der Waals surface area contributed by atoms with Gasteiger partial charge in [0.1, 0.15) is 11.6 Å². The van der Waals surface area contributed by atoms with Gasteiger partial charge in [0.05, 0.1) is 24.3 Å². The van der Waals surface area contributed by atoms with Gasteiger partial charge in [-0.1, -0.05) is 0 Å². The second-order valence-electron chi connectivity index (χ2n) is 6.04. The van der Waals surface area contributed by atoms with Crippen LogP contribution in [0.1, 0.15) is 39.2 Å². The molecule has 0 spiro atoms. The fourth-order valence-corrected chi connectivity index (χ4v) is 2.15. The molecule has 1 aliphatic heterocycles. The predicted octanol–water partition coefficient (Wildman–Crippen LogP) is 2.47. The molecule has 2 N–H and O–H groups in total. The Bertz CT molecular complexity index is 491. The summed E-state index contributed by atoms with van der Waals surface area (Å²) in [5.74, 6) is -0.469. The van der Waals surface area contributed by atoms with Crippen LogP contribution in [0.5, 0.6) is 5.75 Å². The van der Waals surface area contributed by atoms with Crippen LogP contribution in [0.15, 0.2) is 18.2 Å². The standard InChI is InChI=1S/C14H21BFNO3/c1-13(2)14(3,4)20-15(19-13)12(17)10-8-9(16)6-7-11(10)18-5/h6-8,12H,17H2,1-5H3/t12-/m1/s1. The van der Waals surface area contributed by atoms with Gasteiger partial charge in [0.25, 0.3) is 0 Å². The molecule has 1 aliphatic rings. The Morgan fingerprint density at radius 1 is 1.20 bits per heavy atom. The first-order chi connectivity index (χ1) is 9.18. The number of rotatable bonds is 3. The van der Waals surface area contributed by atoms with E-state index in [1.165, 1.54) is 19.2 Å². The number of ether oxygens (including phenoxy) is 1. The van der Waals surface area contributed by atoms with E-state index in [1.807, 2.05) is 27.7 Å². The van der Waals surface area contributed by atoms with Crippen LogP contribution in [0.3, 0.4) is 0 Å². The summed E-state index contributed by atoms with van der Waals surface area (Å²) in [5.41, 5.74) is 5.77. The zero-order valence-electron chi connectivity index (χ0n) is 12.6. The third-order valence-electron chi connectivity index (χ3n) is 4.12. The minimum atomic E-state index is -0.643. The molecule has 0 aliphatic carbocycles. The van der Waals surface area contributed by atoms with Gasteiger partial charge in [0, 0.05) is 5.56 Å². The quantitative estimate of drug-likeness (QED) is 0.865. The van der Waals surface area contributed by atoms with E-state index in [-0.39, 0.29) is 5.82 Å². The molecule has 1 fully saturated rings. The molecule has 6 heteroatoms. The van der Waals surface area contributed by atoms with E-state index in [9.17, 15) is 4.39 Å². The molecule has 0 aromatic heterocycles. The molecule has 1 heterocycles. The summed E-state index contributed by atoms with van der Waals surface area (Å²) in [4.78, 5) is 0. The monoisotopic (exact) mass is 281 g/mol. The summed E-state index contributed by atoms with van der Waals surface area (Å²) in [6, 6.07) is 4.24. The molecule has 1 aromatic carbocycles. The highest BCUT2D eigenvalue weighted by Crippen LogP contribution is 2.40. The number of halogens is 1. The van der Waals surface area contributed by atoms with Gasteiger partial charge in [-0.3, -0.25) is 0 Å². The summed E-state index contributed by atoms with van der Waals surface area (Å²) in [6.07, 6.45) is 0. The second-order valence-corrected chi connectivity index (χ2v) is 6.04. The lowest BCUT2D eigenvalue weighted by Gasteiger charge is -2.32. The molecule has 1 atom stereocenters. The summed E-state index contributed by atoms with van der Waals surface area (Å²) >= 11 is 0. The molecule has 20 heavy (non-hydrogen) atoms. The molecule has 1 aromatic rings. The Kier molecular flexibility index (Phi) is 3.84. The molecule has 2 rings (SSSR count). The first-order valence-electron chi connectivity index (χ1n) is 6.62. The van der Waals surface area contributed by atoms with E-state index in [0.717, 1.165) is 0 Å². The van der Waals surface area contributed by atoms with E-state index in [4.69, 9.17) is 19.8 Å². The molecular weight excluding hydrogens is 260 g/mol. The summed E-state index contributed by atoms with van der Waals surface area (Å²) < 4.78 is 30.5. The van der Waals surface area contributed by atoms with Crippen molar-refractivity contribution in [1.29, 1.82) is 0 Å². The zero-order valence-corrected chi connectivity index (χ0v) is 12.6. The van der Waals surface area contributed by atoms with Crippen LogP contribution in [-0.4, -0.2) is 25.4 Å². The maximum absolute atomic E-state index is 13.4. The van der Waals surface area contributed by atoms with Crippen molar-refractivity contribution in [2.45, 2.75) is 44.8 Å². The largest absolute Gasteiger partial charge is 0.496 e. The van der Waals surface area contributed by atoms with Gasteiger partial charge in [-0.2, -0.15) is 0 Å². The first kappa shape index (κ1) is 15.3. The predicted molar refractivity (Wildman–Crippen MR) is 76.0 cm³/mol. The molecule has 1 saturated heterocycles. The lowest BCUT2D eigenvalue weighted by Crippen LogP contribution is -2.41.